The molecule has 0 saturated heterocycles. The normalized spacial score (nSPS) is 10.7. The molecule has 0 unspecified atom stereocenters. The molecule has 1 N–H and O–H groups in total. The molecule has 0 fully saturated rings. The quantitative estimate of drug-likeness (QED) is 0.858. The van der Waals surface area contributed by atoms with Crippen molar-refractivity contribution in [3.63, 3.8) is 0 Å². The van der Waals surface area contributed by atoms with Gasteiger partial charge < -0.3 is 10.1 Å². The Kier molecular flexibility index (Phi) is 4.62. The third-order valence-corrected chi connectivity index (χ3v) is 3.31. The molecular weight excluding hydrogens is 266 g/mol. The molecule has 1 aromatic carbocycles. The highest BCUT2D eigenvalue weighted by molar-refractivity contribution is 5.90. The van der Waals surface area contributed by atoms with E-state index >= 15 is 0 Å². The third-order valence-electron chi connectivity index (χ3n) is 3.31. The minimum atomic E-state index is -0.317. The van der Waals surface area contributed by atoms with Gasteiger partial charge >= 0.3 is 5.97 Å². The van der Waals surface area contributed by atoms with Gasteiger partial charge in [-0.15, -0.1) is 0 Å². The number of benzene rings is 1. The van der Waals surface area contributed by atoms with Crippen LogP contribution >= 0.6 is 0 Å². The van der Waals surface area contributed by atoms with Crippen molar-refractivity contribution >= 4 is 11.7 Å². The van der Waals surface area contributed by atoms with Gasteiger partial charge in [0.05, 0.1) is 18.9 Å². The molecule has 0 bridgehead atoms. The van der Waals surface area contributed by atoms with Gasteiger partial charge in [-0.25, -0.2) is 4.79 Å². The van der Waals surface area contributed by atoms with Gasteiger partial charge in [-0.05, 0) is 44.5 Å². The fourth-order valence-corrected chi connectivity index (χ4v) is 2.06. The highest BCUT2D eigenvalue weighted by Gasteiger charge is 2.08. The molecule has 21 heavy (non-hydrogen) atoms. The summed E-state index contributed by atoms with van der Waals surface area (Å²) < 4.78 is 6.65. The van der Waals surface area contributed by atoms with Crippen molar-refractivity contribution in [1.82, 2.24) is 9.78 Å². The van der Waals surface area contributed by atoms with Crippen LogP contribution in [-0.2, 0) is 11.3 Å². The number of hydrogen-bond donors (Lipinski definition) is 1. The van der Waals surface area contributed by atoms with E-state index in [4.69, 9.17) is 4.74 Å². The Morgan fingerprint density at radius 1 is 1.43 bits per heavy atom. The number of anilines is 1. The van der Waals surface area contributed by atoms with Gasteiger partial charge in [0, 0.05) is 30.0 Å². The monoisotopic (exact) mass is 287 g/mol. The fourth-order valence-electron chi connectivity index (χ4n) is 2.06. The number of carbonyl (C=O) groups is 1. The molecular formula is C16H21N3O2. The molecule has 1 aromatic heterocycles. The van der Waals surface area contributed by atoms with Crippen molar-refractivity contribution in [3.8, 4) is 0 Å². The van der Waals surface area contributed by atoms with Crippen LogP contribution in [0.1, 0.15) is 41.4 Å². The van der Waals surface area contributed by atoms with Crippen molar-refractivity contribution in [2.75, 3.05) is 12.4 Å². The van der Waals surface area contributed by atoms with Crippen LogP contribution in [0.15, 0.2) is 30.6 Å². The maximum atomic E-state index is 11.5. The number of nitrogens with one attached hydrogen (secondary N) is 1. The molecule has 0 aliphatic heterocycles. The van der Waals surface area contributed by atoms with Crippen molar-refractivity contribution in [2.24, 2.45) is 0 Å². The van der Waals surface area contributed by atoms with E-state index in [1.54, 1.807) is 6.07 Å². The molecule has 5 heteroatoms. The predicted molar refractivity (Wildman–Crippen MR) is 82.5 cm³/mol. The Bertz CT molecular complexity index is 632. The Balaban J connectivity index is 2.04. The summed E-state index contributed by atoms with van der Waals surface area (Å²) in [5.41, 5.74) is 3.70. The molecule has 0 atom stereocenters. The fraction of sp³-hybridized carbons (Fsp3) is 0.375. The SMILES string of the molecule is COC(=O)c1ccc(NCc2cnn(C(C)C)c2)c(C)c1. The number of methoxy groups -OCH3 is 1. The predicted octanol–water partition coefficient (Wildman–Crippen LogP) is 3.17. The number of ether oxygens (including phenoxy) is 1. The molecule has 0 saturated carbocycles. The second-order valence-corrected chi connectivity index (χ2v) is 5.30. The summed E-state index contributed by atoms with van der Waals surface area (Å²) >= 11 is 0. The number of nitrogens with zero attached hydrogens (tertiary/aromatic N) is 2. The Morgan fingerprint density at radius 3 is 2.76 bits per heavy atom. The third kappa shape index (κ3) is 3.62. The van der Waals surface area contributed by atoms with Gasteiger partial charge in [-0.2, -0.15) is 5.10 Å². The molecule has 0 spiro atoms. The van der Waals surface area contributed by atoms with Crippen LogP contribution in [0.4, 0.5) is 5.69 Å². The average Bonchev–Trinajstić information content (AvgIpc) is 2.94. The van der Waals surface area contributed by atoms with E-state index < -0.39 is 0 Å². The molecule has 0 aliphatic rings. The zero-order chi connectivity index (χ0) is 15.4. The van der Waals surface area contributed by atoms with Gasteiger partial charge in [-0.3, -0.25) is 4.68 Å². The van der Waals surface area contributed by atoms with Crippen LogP contribution in [0, 0.1) is 6.92 Å². The summed E-state index contributed by atoms with van der Waals surface area (Å²) in [6, 6.07) is 5.85. The standard InChI is InChI=1S/C16H21N3O2/c1-11(2)19-10-13(9-18-19)8-17-15-6-5-14(7-12(15)3)16(20)21-4/h5-7,9-11,17H,8H2,1-4H3. The first kappa shape index (κ1) is 15.1. The highest BCUT2D eigenvalue weighted by Crippen LogP contribution is 2.18. The van der Waals surface area contributed by atoms with E-state index in [1.165, 1.54) is 7.11 Å². The maximum absolute atomic E-state index is 11.5. The number of aromatic nitrogens is 2. The van der Waals surface area contributed by atoms with Crippen LogP contribution in [0.25, 0.3) is 0 Å². The number of aryl methyl sites for hydroxylation is 1. The van der Waals surface area contributed by atoms with Crippen molar-refractivity contribution in [3.05, 3.63) is 47.3 Å². The second kappa shape index (κ2) is 6.43. The van der Waals surface area contributed by atoms with Crippen molar-refractivity contribution in [1.29, 1.82) is 0 Å². The van der Waals surface area contributed by atoms with Crippen LogP contribution in [0.3, 0.4) is 0 Å². The van der Waals surface area contributed by atoms with Crippen molar-refractivity contribution in [2.45, 2.75) is 33.4 Å². The lowest BCUT2D eigenvalue weighted by atomic mass is 10.1. The minimum Gasteiger partial charge on any atom is -0.465 e. The zero-order valence-corrected chi connectivity index (χ0v) is 12.9. The van der Waals surface area contributed by atoms with Gasteiger partial charge in [0.2, 0.25) is 0 Å². The molecule has 5 nitrogen and oxygen atoms in total. The van der Waals surface area contributed by atoms with E-state index in [0.29, 0.717) is 18.2 Å². The van der Waals surface area contributed by atoms with E-state index in [-0.39, 0.29) is 5.97 Å². The summed E-state index contributed by atoms with van der Waals surface area (Å²) in [5, 5.41) is 7.67. The van der Waals surface area contributed by atoms with Gasteiger partial charge in [0.25, 0.3) is 0 Å². The summed E-state index contributed by atoms with van der Waals surface area (Å²) in [6.45, 7) is 6.86. The molecule has 0 amide bonds. The number of carbonyl (C=O) groups excluding carboxylic acids is 1. The van der Waals surface area contributed by atoms with Gasteiger partial charge in [0.15, 0.2) is 0 Å². The summed E-state index contributed by atoms with van der Waals surface area (Å²) in [4.78, 5) is 11.5. The highest BCUT2D eigenvalue weighted by atomic mass is 16.5. The molecule has 112 valence electrons. The lowest BCUT2D eigenvalue weighted by Gasteiger charge is -2.10. The van der Waals surface area contributed by atoms with Crippen molar-refractivity contribution < 1.29 is 9.53 Å². The molecule has 1 heterocycles. The molecule has 0 aliphatic carbocycles. The largest absolute Gasteiger partial charge is 0.465 e. The zero-order valence-electron chi connectivity index (χ0n) is 12.9. The van der Waals surface area contributed by atoms with Crippen LogP contribution in [0.5, 0.6) is 0 Å². The number of esters is 1. The first-order chi connectivity index (χ1) is 10.0. The Hall–Kier alpha value is -2.30. The first-order valence-electron chi connectivity index (χ1n) is 6.97. The van der Waals surface area contributed by atoms with E-state index in [0.717, 1.165) is 16.8 Å². The van der Waals surface area contributed by atoms with E-state index in [2.05, 4.69) is 24.3 Å². The van der Waals surface area contributed by atoms with Gasteiger partial charge in [-0.1, -0.05) is 0 Å². The molecule has 2 aromatic rings. The lowest BCUT2D eigenvalue weighted by molar-refractivity contribution is 0.0600. The van der Waals surface area contributed by atoms with Gasteiger partial charge in [0.1, 0.15) is 0 Å². The second-order valence-electron chi connectivity index (χ2n) is 5.30. The van der Waals surface area contributed by atoms with Crippen LogP contribution < -0.4 is 5.32 Å². The molecule has 0 radical (unpaired) electrons. The topological polar surface area (TPSA) is 56.1 Å². The Morgan fingerprint density at radius 2 is 2.19 bits per heavy atom. The summed E-state index contributed by atoms with van der Waals surface area (Å²) in [6.07, 6.45) is 3.90. The van der Waals surface area contributed by atoms with Crippen LogP contribution in [0.2, 0.25) is 0 Å². The average molecular weight is 287 g/mol. The first-order valence-corrected chi connectivity index (χ1v) is 6.97. The maximum Gasteiger partial charge on any atom is 0.337 e. The number of rotatable bonds is 5. The summed E-state index contributed by atoms with van der Waals surface area (Å²) in [7, 11) is 1.39. The smallest absolute Gasteiger partial charge is 0.337 e. The van der Waals surface area contributed by atoms with Crippen LogP contribution in [-0.4, -0.2) is 22.9 Å². The minimum absolute atomic E-state index is 0.317. The number of hydrogen-bond acceptors (Lipinski definition) is 4. The van der Waals surface area contributed by atoms with E-state index in [9.17, 15) is 4.79 Å². The van der Waals surface area contributed by atoms with E-state index in [1.807, 2.05) is 36.1 Å². The molecule has 2 rings (SSSR count). The summed E-state index contributed by atoms with van der Waals surface area (Å²) in [5.74, 6) is -0.317. The Labute approximate surface area is 124 Å². The lowest BCUT2D eigenvalue weighted by Crippen LogP contribution is -2.04.